The number of para-hydroxylation sites is 1. The molecule has 0 spiro atoms. The van der Waals surface area contributed by atoms with Crippen LogP contribution >= 0.6 is 0 Å². The van der Waals surface area contributed by atoms with Crippen LogP contribution in [0, 0.1) is 0 Å². The Bertz CT molecular complexity index is 1090. The number of amides is 2. The fraction of sp³-hybridized carbons (Fsp3) is 0.296. The predicted molar refractivity (Wildman–Crippen MR) is 129 cm³/mol. The molecule has 0 aliphatic carbocycles. The molecule has 170 valence electrons. The lowest BCUT2D eigenvalue weighted by molar-refractivity contribution is 0.0597. The smallest absolute Gasteiger partial charge is 0.420 e. The summed E-state index contributed by atoms with van der Waals surface area (Å²) in [6, 6.07) is 22.4. The SMILES string of the molecule is CC(C)(C)OC(=O)N(c1ccccc1)c1ccc(C2CCCN2C(=O)c2ccccc2)cn1. The number of nitrogens with zero attached hydrogens (tertiary/aromatic N) is 3. The van der Waals surface area contributed by atoms with Crippen molar-refractivity contribution in [2.45, 2.75) is 45.3 Å². The van der Waals surface area contributed by atoms with E-state index in [1.54, 1.807) is 6.20 Å². The summed E-state index contributed by atoms with van der Waals surface area (Å²) in [5.41, 5.74) is 1.69. The van der Waals surface area contributed by atoms with E-state index in [-0.39, 0.29) is 11.9 Å². The lowest BCUT2D eigenvalue weighted by Gasteiger charge is -2.28. The van der Waals surface area contributed by atoms with Gasteiger partial charge in [0.25, 0.3) is 5.91 Å². The summed E-state index contributed by atoms with van der Waals surface area (Å²) in [4.78, 5) is 34.0. The first-order valence-corrected chi connectivity index (χ1v) is 11.2. The number of rotatable bonds is 4. The Morgan fingerprint density at radius 1 is 0.970 bits per heavy atom. The molecule has 0 radical (unpaired) electrons. The van der Waals surface area contributed by atoms with Gasteiger partial charge in [-0.15, -0.1) is 0 Å². The second-order valence-electron chi connectivity index (χ2n) is 9.12. The molecule has 1 saturated heterocycles. The van der Waals surface area contributed by atoms with Crippen LogP contribution in [0.15, 0.2) is 79.0 Å². The monoisotopic (exact) mass is 443 g/mol. The van der Waals surface area contributed by atoms with Gasteiger partial charge in [0.1, 0.15) is 11.4 Å². The molecule has 0 N–H and O–H groups in total. The Morgan fingerprint density at radius 2 is 1.64 bits per heavy atom. The maximum Gasteiger partial charge on any atom is 0.420 e. The molecule has 1 aromatic heterocycles. The normalized spacial score (nSPS) is 15.8. The maximum atomic E-state index is 13.0. The number of likely N-dealkylation sites (tertiary alicyclic amines) is 1. The number of carbonyl (C=O) groups excluding carboxylic acids is 2. The maximum absolute atomic E-state index is 13.0. The van der Waals surface area contributed by atoms with Gasteiger partial charge >= 0.3 is 6.09 Å². The van der Waals surface area contributed by atoms with Crippen molar-refractivity contribution in [3.05, 3.63) is 90.1 Å². The molecular weight excluding hydrogens is 414 g/mol. The van der Waals surface area contributed by atoms with E-state index in [2.05, 4.69) is 4.98 Å². The first kappa shape index (κ1) is 22.5. The van der Waals surface area contributed by atoms with Gasteiger partial charge in [0.15, 0.2) is 0 Å². The number of aromatic nitrogens is 1. The Labute approximate surface area is 194 Å². The molecule has 1 atom stereocenters. The number of hydrogen-bond donors (Lipinski definition) is 0. The van der Waals surface area contributed by atoms with Gasteiger partial charge in [-0.1, -0.05) is 42.5 Å². The van der Waals surface area contributed by atoms with Crippen LogP contribution in [-0.4, -0.2) is 34.0 Å². The van der Waals surface area contributed by atoms with E-state index in [1.165, 1.54) is 4.90 Å². The van der Waals surface area contributed by atoms with Gasteiger partial charge in [-0.2, -0.15) is 0 Å². The Hall–Kier alpha value is -3.67. The molecule has 0 bridgehead atoms. The summed E-state index contributed by atoms with van der Waals surface area (Å²) in [7, 11) is 0. The molecule has 1 aliphatic rings. The Morgan fingerprint density at radius 3 is 2.24 bits per heavy atom. The average Bonchev–Trinajstić information content (AvgIpc) is 3.29. The van der Waals surface area contributed by atoms with Gasteiger partial charge in [-0.25, -0.2) is 14.7 Å². The van der Waals surface area contributed by atoms with Crippen LogP contribution < -0.4 is 4.90 Å². The van der Waals surface area contributed by atoms with Crippen molar-refractivity contribution >= 4 is 23.5 Å². The van der Waals surface area contributed by atoms with E-state index in [1.807, 2.05) is 98.5 Å². The summed E-state index contributed by atoms with van der Waals surface area (Å²) in [5.74, 6) is 0.500. The molecule has 4 rings (SSSR count). The highest BCUT2D eigenvalue weighted by atomic mass is 16.6. The second kappa shape index (κ2) is 9.45. The summed E-state index contributed by atoms with van der Waals surface area (Å²) in [6.07, 6.45) is 3.10. The quantitative estimate of drug-likeness (QED) is 0.486. The third kappa shape index (κ3) is 5.22. The molecule has 3 aromatic rings. The van der Waals surface area contributed by atoms with Crippen molar-refractivity contribution < 1.29 is 14.3 Å². The second-order valence-corrected chi connectivity index (χ2v) is 9.12. The molecule has 2 heterocycles. The largest absolute Gasteiger partial charge is 0.443 e. The van der Waals surface area contributed by atoms with Crippen molar-refractivity contribution in [2.24, 2.45) is 0 Å². The third-order valence-electron chi connectivity index (χ3n) is 5.51. The van der Waals surface area contributed by atoms with Crippen molar-refractivity contribution in [1.29, 1.82) is 0 Å². The fourth-order valence-corrected chi connectivity index (χ4v) is 4.05. The molecule has 6 heteroatoms. The molecule has 0 saturated carbocycles. The molecule has 2 amide bonds. The number of benzene rings is 2. The van der Waals surface area contributed by atoms with Gasteiger partial charge < -0.3 is 9.64 Å². The standard InChI is InChI=1S/C27H29N3O3/c1-27(2,3)33-26(32)30(22-13-8-5-9-14-22)24-17-16-21(19-28-24)23-15-10-18-29(23)25(31)20-11-6-4-7-12-20/h4-9,11-14,16-17,19,23H,10,15,18H2,1-3H3. The minimum absolute atomic E-state index is 0.0295. The van der Waals surface area contributed by atoms with Gasteiger partial charge in [-0.05, 0) is 69.5 Å². The van der Waals surface area contributed by atoms with Crippen LogP contribution in [0.25, 0.3) is 0 Å². The highest BCUT2D eigenvalue weighted by Gasteiger charge is 2.31. The molecule has 33 heavy (non-hydrogen) atoms. The zero-order chi connectivity index (χ0) is 23.4. The van der Waals surface area contributed by atoms with Crippen molar-refractivity contribution in [3.63, 3.8) is 0 Å². The zero-order valence-electron chi connectivity index (χ0n) is 19.3. The van der Waals surface area contributed by atoms with E-state index >= 15 is 0 Å². The van der Waals surface area contributed by atoms with Gasteiger partial charge in [-0.3, -0.25) is 4.79 Å². The number of carbonyl (C=O) groups is 2. The summed E-state index contributed by atoms with van der Waals surface area (Å²) >= 11 is 0. The highest BCUT2D eigenvalue weighted by molar-refractivity contribution is 5.95. The van der Waals surface area contributed by atoms with Crippen LogP contribution in [0.5, 0.6) is 0 Å². The highest BCUT2D eigenvalue weighted by Crippen LogP contribution is 2.34. The zero-order valence-corrected chi connectivity index (χ0v) is 19.3. The molecule has 2 aromatic carbocycles. The predicted octanol–water partition coefficient (Wildman–Crippen LogP) is 6.13. The number of anilines is 2. The van der Waals surface area contributed by atoms with Gasteiger partial charge in [0.05, 0.1) is 11.7 Å². The Balaban J connectivity index is 1.60. The first-order chi connectivity index (χ1) is 15.8. The summed E-state index contributed by atoms with van der Waals surface area (Å²) in [5, 5.41) is 0. The van der Waals surface area contributed by atoms with E-state index < -0.39 is 11.7 Å². The molecular formula is C27H29N3O3. The van der Waals surface area contributed by atoms with Crippen molar-refractivity contribution in [3.8, 4) is 0 Å². The van der Waals surface area contributed by atoms with Crippen LogP contribution in [-0.2, 0) is 4.74 Å². The lowest BCUT2D eigenvalue weighted by atomic mass is 10.1. The molecule has 1 fully saturated rings. The summed E-state index contributed by atoms with van der Waals surface area (Å²) < 4.78 is 5.63. The van der Waals surface area contributed by atoms with Crippen LogP contribution in [0.3, 0.4) is 0 Å². The van der Waals surface area contributed by atoms with Crippen molar-refractivity contribution in [2.75, 3.05) is 11.4 Å². The van der Waals surface area contributed by atoms with Crippen LogP contribution in [0.2, 0.25) is 0 Å². The van der Waals surface area contributed by atoms with Crippen molar-refractivity contribution in [1.82, 2.24) is 9.88 Å². The first-order valence-electron chi connectivity index (χ1n) is 11.2. The van der Waals surface area contributed by atoms with E-state index in [4.69, 9.17) is 4.74 Å². The van der Waals surface area contributed by atoms with E-state index in [9.17, 15) is 9.59 Å². The lowest BCUT2D eigenvalue weighted by Crippen LogP contribution is -2.34. The number of pyridine rings is 1. The minimum atomic E-state index is -0.633. The van der Waals surface area contributed by atoms with Gasteiger partial charge in [0.2, 0.25) is 0 Å². The van der Waals surface area contributed by atoms with E-state index in [0.717, 1.165) is 18.4 Å². The molecule has 1 unspecified atom stereocenters. The number of hydrogen-bond acceptors (Lipinski definition) is 4. The molecule has 1 aliphatic heterocycles. The average molecular weight is 444 g/mol. The van der Waals surface area contributed by atoms with Crippen LogP contribution in [0.1, 0.15) is 55.6 Å². The summed E-state index contributed by atoms with van der Waals surface area (Å²) in [6.45, 7) is 6.23. The minimum Gasteiger partial charge on any atom is -0.443 e. The topological polar surface area (TPSA) is 62.7 Å². The molecule has 6 nitrogen and oxygen atoms in total. The van der Waals surface area contributed by atoms with Crippen LogP contribution in [0.4, 0.5) is 16.3 Å². The third-order valence-corrected chi connectivity index (χ3v) is 5.51. The Kier molecular flexibility index (Phi) is 6.45. The number of ether oxygens (including phenoxy) is 1. The van der Waals surface area contributed by atoms with E-state index in [0.29, 0.717) is 23.6 Å². The van der Waals surface area contributed by atoms with Gasteiger partial charge in [0, 0.05) is 18.3 Å². The fourth-order valence-electron chi connectivity index (χ4n) is 4.05.